The Hall–Kier alpha value is -2.66. The third kappa shape index (κ3) is 3.10. The van der Waals surface area contributed by atoms with E-state index >= 15 is 0 Å². The van der Waals surface area contributed by atoms with Gasteiger partial charge in [-0.15, -0.1) is 0 Å². The van der Waals surface area contributed by atoms with Gasteiger partial charge in [-0.2, -0.15) is 0 Å². The monoisotopic (exact) mass is 312 g/mol. The number of hydrogen-bond donors (Lipinski definition) is 3. The van der Waals surface area contributed by atoms with E-state index in [-0.39, 0.29) is 17.7 Å². The molecule has 0 aliphatic rings. The van der Waals surface area contributed by atoms with Gasteiger partial charge in [0.05, 0.1) is 12.2 Å². The van der Waals surface area contributed by atoms with Crippen LogP contribution in [0.5, 0.6) is 0 Å². The number of aromatic amines is 1. The molecule has 3 N–H and O–H groups in total. The second kappa shape index (κ2) is 6.62. The molecule has 0 radical (unpaired) electrons. The predicted molar refractivity (Wildman–Crippen MR) is 86.7 cm³/mol. The second-order valence-electron chi connectivity index (χ2n) is 5.30. The standard InChI is InChI=1S/C18H17FN2O2/c19-15-6-3-4-13(11-22)17(15)18(23)20-9-8-12-10-21-16-7-2-1-5-14(12)16/h1-7,10,21-22H,8-9,11H2,(H,20,23). The lowest BCUT2D eigenvalue weighted by molar-refractivity contribution is 0.0946. The number of aromatic nitrogens is 1. The summed E-state index contributed by atoms with van der Waals surface area (Å²) < 4.78 is 13.8. The van der Waals surface area contributed by atoms with E-state index in [9.17, 15) is 14.3 Å². The molecule has 5 heteroatoms. The summed E-state index contributed by atoms with van der Waals surface area (Å²) in [5, 5.41) is 13.1. The lowest BCUT2D eigenvalue weighted by Crippen LogP contribution is -2.27. The Morgan fingerprint density at radius 1 is 1.13 bits per heavy atom. The molecule has 1 aromatic heterocycles. The molecular formula is C18H17FN2O2. The highest BCUT2D eigenvalue weighted by Gasteiger charge is 2.15. The summed E-state index contributed by atoms with van der Waals surface area (Å²) in [5.41, 5.74) is 2.34. The fourth-order valence-corrected chi connectivity index (χ4v) is 2.69. The molecule has 0 aliphatic heterocycles. The molecule has 1 heterocycles. The molecule has 0 unspecified atom stereocenters. The number of nitrogens with one attached hydrogen (secondary N) is 2. The highest BCUT2D eigenvalue weighted by molar-refractivity contribution is 5.96. The fraction of sp³-hybridized carbons (Fsp3) is 0.167. The topological polar surface area (TPSA) is 65.1 Å². The van der Waals surface area contributed by atoms with Crippen molar-refractivity contribution in [1.29, 1.82) is 0 Å². The number of carbonyl (C=O) groups is 1. The third-order valence-corrected chi connectivity index (χ3v) is 3.85. The van der Waals surface area contributed by atoms with Crippen molar-refractivity contribution in [2.45, 2.75) is 13.0 Å². The van der Waals surface area contributed by atoms with Crippen LogP contribution in [-0.4, -0.2) is 22.5 Å². The molecule has 0 fully saturated rings. The number of aliphatic hydroxyl groups excluding tert-OH is 1. The number of para-hydroxylation sites is 1. The van der Waals surface area contributed by atoms with Crippen LogP contribution < -0.4 is 5.32 Å². The van der Waals surface area contributed by atoms with Crippen LogP contribution in [-0.2, 0) is 13.0 Å². The Morgan fingerprint density at radius 2 is 1.96 bits per heavy atom. The minimum Gasteiger partial charge on any atom is -0.392 e. The van der Waals surface area contributed by atoms with Crippen molar-refractivity contribution in [3.8, 4) is 0 Å². The van der Waals surface area contributed by atoms with Crippen molar-refractivity contribution in [2.24, 2.45) is 0 Å². The smallest absolute Gasteiger partial charge is 0.254 e. The van der Waals surface area contributed by atoms with Crippen molar-refractivity contribution < 1.29 is 14.3 Å². The number of halogens is 1. The maximum absolute atomic E-state index is 13.8. The van der Waals surface area contributed by atoms with Gasteiger partial charge in [-0.1, -0.05) is 30.3 Å². The Bertz CT molecular complexity index is 842. The molecule has 0 bridgehead atoms. The molecular weight excluding hydrogens is 295 g/mol. The van der Waals surface area contributed by atoms with E-state index in [2.05, 4.69) is 10.3 Å². The third-order valence-electron chi connectivity index (χ3n) is 3.85. The highest BCUT2D eigenvalue weighted by atomic mass is 19.1. The normalized spacial score (nSPS) is 10.9. The van der Waals surface area contributed by atoms with Crippen molar-refractivity contribution in [2.75, 3.05) is 6.54 Å². The van der Waals surface area contributed by atoms with Gasteiger partial charge in [0.15, 0.2) is 0 Å². The number of hydrogen-bond acceptors (Lipinski definition) is 2. The fourth-order valence-electron chi connectivity index (χ4n) is 2.69. The van der Waals surface area contributed by atoms with Crippen LogP contribution in [0.2, 0.25) is 0 Å². The molecule has 0 saturated heterocycles. The molecule has 3 aromatic rings. The molecule has 0 aliphatic carbocycles. The van der Waals surface area contributed by atoms with Crippen LogP contribution in [0.3, 0.4) is 0 Å². The van der Waals surface area contributed by atoms with Crippen LogP contribution in [0.4, 0.5) is 4.39 Å². The Labute approximate surface area is 133 Å². The van der Waals surface area contributed by atoms with Gasteiger partial charge < -0.3 is 15.4 Å². The average Bonchev–Trinajstić information content (AvgIpc) is 2.98. The summed E-state index contributed by atoms with van der Waals surface area (Å²) in [6, 6.07) is 12.2. The molecule has 4 nitrogen and oxygen atoms in total. The average molecular weight is 312 g/mol. The summed E-state index contributed by atoms with van der Waals surface area (Å²) in [6.45, 7) is 0.0167. The zero-order valence-electron chi connectivity index (χ0n) is 12.5. The van der Waals surface area contributed by atoms with E-state index in [0.29, 0.717) is 13.0 Å². The zero-order valence-corrected chi connectivity index (χ0v) is 12.5. The predicted octanol–water partition coefficient (Wildman–Crippen LogP) is 2.77. The zero-order chi connectivity index (χ0) is 16.2. The number of rotatable bonds is 5. The Kier molecular flexibility index (Phi) is 4.39. The van der Waals surface area contributed by atoms with Crippen LogP contribution in [0, 0.1) is 5.82 Å². The minimum atomic E-state index is -0.624. The molecule has 118 valence electrons. The SMILES string of the molecule is O=C(NCCc1c[nH]c2ccccc12)c1c(F)cccc1CO. The Morgan fingerprint density at radius 3 is 2.78 bits per heavy atom. The van der Waals surface area contributed by atoms with Crippen LogP contribution >= 0.6 is 0 Å². The Balaban J connectivity index is 1.68. The summed E-state index contributed by atoms with van der Waals surface area (Å²) in [6.07, 6.45) is 2.55. The van der Waals surface area contributed by atoms with E-state index in [1.54, 1.807) is 0 Å². The van der Waals surface area contributed by atoms with Crippen molar-refractivity contribution in [3.63, 3.8) is 0 Å². The first-order valence-corrected chi connectivity index (χ1v) is 7.42. The van der Waals surface area contributed by atoms with Crippen molar-refractivity contribution >= 4 is 16.8 Å². The van der Waals surface area contributed by atoms with E-state index in [4.69, 9.17) is 0 Å². The van der Waals surface area contributed by atoms with Crippen molar-refractivity contribution in [3.05, 3.63) is 71.2 Å². The van der Waals surface area contributed by atoms with Crippen LogP contribution in [0.15, 0.2) is 48.7 Å². The lowest BCUT2D eigenvalue weighted by Gasteiger charge is -2.09. The van der Waals surface area contributed by atoms with Gasteiger partial charge in [0.2, 0.25) is 0 Å². The van der Waals surface area contributed by atoms with E-state index in [1.807, 2.05) is 30.5 Å². The summed E-state index contributed by atoms with van der Waals surface area (Å²) in [7, 11) is 0. The van der Waals surface area contributed by atoms with Gasteiger partial charge in [0, 0.05) is 23.6 Å². The van der Waals surface area contributed by atoms with Crippen molar-refractivity contribution in [1.82, 2.24) is 10.3 Å². The molecule has 0 spiro atoms. The maximum atomic E-state index is 13.8. The van der Waals surface area contributed by atoms with Crippen LogP contribution in [0.25, 0.3) is 10.9 Å². The molecule has 1 amide bonds. The highest BCUT2D eigenvalue weighted by Crippen LogP contribution is 2.18. The number of H-pyrrole nitrogens is 1. The largest absolute Gasteiger partial charge is 0.392 e. The van der Waals surface area contributed by atoms with Gasteiger partial charge >= 0.3 is 0 Å². The van der Waals surface area contributed by atoms with Gasteiger partial charge in [-0.25, -0.2) is 4.39 Å². The number of carbonyl (C=O) groups excluding carboxylic acids is 1. The number of benzene rings is 2. The summed E-state index contributed by atoms with van der Waals surface area (Å²) in [5.74, 6) is -1.13. The number of fused-ring (bicyclic) bond motifs is 1. The van der Waals surface area contributed by atoms with Gasteiger partial charge in [0.25, 0.3) is 5.91 Å². The van der Waals surface area contributed by atoms with E-state index in [1.165, 1.54) is 18.2 Å². The molecule has 2 aromatic carbocycles. The minimum absolute atomic E-state index is 0.0890. The second-order valence-corrected chi connectivity index (χ2v) is 5.30. The van der Waals surface area contributed by atoms with Gasteiger partial charge in [0.1, 0.15) is 5.82 Å². The quantitative estimate of drug-likeness (QED) is 0.678. The molecule has 0 atom stereocenters. The summed E-state index contributed by atoms with van der Waals surface area (Å²) >= 11 is 0. The first kappa shape index (κ1) is 15.2. The van der Waals surface area contributed by atoms with Gasteiger partial charge in [-0.3, -0.25) is 4.79 Å². The first-order chi connectivity index (χ1) is 11.2. The lowest BCUT2D eigenvalue weighted by atomic mass is 10.1. The molecule has 3 rings (SSSR count). The number of aliphatic hydroxyl groups is 1. The molecule has 23 heavy (non-hydrogen) atoms. The van der Waals surface area contributed by atoms with Crippen LogP contribution in [0.1, 0.15) is 21.5 Å². The van der Waals surface area contributed by atoms with E-state index in [0.717, 1.165) is 16.5 Å². The number of amides is 1. The van der Waals surface area contributed by atoms with E-state index < -0.39 is 11.7 Å². The maximum Gasteiger partial charge on any atom is 0.254 e. The first-order valence-electron chi connectivity index (χ1n) is 7.42. The summed E-state index contributed by atoms with van der Waals surface area (Å²) in [4.78, 5) is 15.3. The van der Waals surface area contributed by atoms with Gasteiger partial charge in [-0.05, 0) is 29.7 Å². The molecule has 0 saturated carbocycles.